The molecule has 10 heteroatoms. The standard InChI is InChI=1S/C29H31F3N6O/c1-3-19-14-20(15-21-17-33-28(36-27(19)21)34-23-7-5-4-6-8-23)24-16-25(37-38(24)2)35-26(39)13-18-9-11-22(12-10-18)29(30,31)32/h9-12,14-17,23H,3-8,13H2,1-2H3,(H,33,34,36)(H,35,37,39). The molecule has 5 rings (SSSR count). The number of fused-ring (bicyclic) bond motifs is 1. The monoisotopic (exact) mass is 536 g/mol. The Hall–Kier alpha value is -3.95. The summed E-state index contributed by atoms with van der Waals surface area (Å²) in [6.45, 7) is 2.09. The molecule has 2 aromatic heterocycles. The molecule has 0 atom stereocenters. The van der Waals surface area contributed by atoms with Crippen molar-refractivity contribution in [1.29, 1.82) is 0 Å². The number of rotatable bonds is 7. The molecule has 1 saturated carbocycles. The molecule has 1 amide bonds. The van der Waals surface area contributed by atoms with Crippen LogP contribution in [0.2, 0.25) is 0 Å². The fraction of sp³-hybridized carbons (Fsp3) is 0.379. The minimum absolute atomic E-state index is 0.0609. The van der Waals surface area contributed by atoms with Crippen LogP contribution in [0.1, 0.15) is 55.7 Å². The van der Waals surface area contributed by atoms with Gasteiger partial charge in [-0.15, -0.1) is 0 Å². The number of nitrogens with zero attached hydrogens (tertiary/aromatic N) is 4. The number of carbonyl (C=O) groups is 1. The summed E-state index contributed by atoms with van der Waals surface area (Å²) in [6, 6.07) is 10.9. The minimum Gasteiger partial charge on any atom is -0.351 e. The zero-order chi connectivity index (χ0) is 27.6. The molecule has 0 aliphatic heterocycles. The Morgan fingerprint density at radius 3 is 2.51 bits per heavy atom. The summed E-state index contributed by atoms with van der Waals surface area (Å²) >= 11 is 0. The third kappa shape index (κ3) is 6.21. The van der Waals surface area contributed by atoms with E-state index in [0.29, 0.717) is 23.4 Å². The smallest absolute Gasteiger partial charge is 0.351 e. The zero-order valence-electron chi connectivity index (χ0n) is 22.0. The SMILES string of the molecule is CCc1cc(-c2cc(NC(=O)Cc3ccc(C(F)(F)F)cc3)nn2C)cc2cnc(NC3CCCCC3)nc12. The molecule has 2 heterocycles. The zero-order valence-corrected chi connectivity index (χ0v) is 22.0. The lowest BCUT2D eigenvalue weighted by molar-refractivity contribution is -0.137. The van der Waals surface area contributed by atoms with Crippen LogP contribution < -0.4 is 10.6 Å². The molecule has 1 aliphatic rings. The number of aromatic nitrogens is 4. The van der Waals surface area contributed by atoms with Crippen LogP contribution in [0.3, 0.4) is 0 Å². The van der Waals surface area contributed by atoms with Gasteiger partial charge in [0.1, 0.15) is 0 Å². The molecule has 4 aromatic rings. The van der Waals surface area contributed by atoms with E-state index in [1.807, 2.05) is 12.3 Å². The summed E-state index contributed by atoms with van der Waals surface area (Å²) in [5, 5.41) is 11.6. The Morgan fingerprint density at radius 2 is 1.82 bits per heavy atom. The van der Waals surface area contributed by atoms with E-state index >= 15 is 0 Å². The molecule has 7 nitrogen and oxygen atoms in total. The topological polar surface area (TPSA) is 84.7 Å². The number of anilines is 2. The molecule has 2 N–H and O–H groups in total. The maximum atomic E-state index is 12.8. The number of halogens is 3. The van der Waals surface area contributed by atoms with Gasteiger partial charge in [-0.05, 0) is 54.7 Å². The third-order valence-electron chi connectivity index (χ3n) is 7.17. The van der Waals surface area contributed by atoms with Gasteiger partial charge in [0, 0.05) is 36.3 Å². The van der Waals surface area contributed by atoms with Gasteiger partial charge in [0.25, 0.3) is 0 Å². The van der Waals surface area contributed by atoms with Gasteiger partial charge < -0.3 is 10.6 Å². The predicted molar refractivity (Wildman–Crippen MR) is 145 cm³/mol. The Bertz CT molecular complexity index is 1470. The van der Waals surface area contributed by atoms with E-state index in [1.165, 1.54) is 31.4 Å². The van der Waals surface area contributed by atoms with E-state index in [-0.39, 0.29) is 12.3 Å². The van der Waals surface area contributed by atoms with Crippen LogP contribution in [-0.2, 0) is 30.9 Å². The van der Waals surface area contributed by atoms with Crippen LogP contribution in [0.4, 0.5) is 24.9 Å². The first kappa shape index (κ1) is 26.6. The van der Waals surface area contributed by atoms with Crippen molar-refractivity contribution in [2.45, 2.75) is 64.1 Å². The second-order valence-electron chi connectivity index (χ2n) is 10.1. The first-order chi connectivity index (χ1) is 18.7. The van der Waals surface area contributed by atoms with Crippen LogP contribution in [0, 0.1) is 0 Å². The molecule has 0 radical (unpaired) electrons. The highest BCUT2D eigenvalue weighted by Gasteiger charge is 2.30. The Kier molecular flexibility index (Phi) is 7.54. The van der Waals surface area contributed by atoms with Crippen molar-refractivity contribution >= 4 is 28.6 Å². The number of aryl methyl sites for hydroxylation is 2. The quantitative estimate of drug-likeness (QED) is 0.280. The predicted octanol–water partition coefficient (Wildman–Crippen LogP) is 6.54. The Morgan fingerprint density at radius 1 is 1.08 bits per heavy atom. The highest BCUT2D eigenvalue weighted by Crippen LogP contribution is 2.31. The van der Waals surface area contributed by atoms with Gasteiger partial charge >= 0.3 is 6.18 Å². The summed E-state index contributed by atoms with van der Waals surface area (Å²) < 4.78 is 40.1. The van der Waals surface area contributed by atoms with Gasteiger partial charge in [-0.25, -0.2) is 9.97 Å². The molecule has 1 fully saturated rings. The third-order valence-corrected chi connectivity index (χ3v) is 7.17. The second-order valence-corrected chi connectivity index (χ2v) is 10.1. The number of nitrogens with one attached hydrogen (secondary N) is 2. The second kappa shape index (κ2) is 11.0. The lowest BCUT2D eigenvalue weighted by Crippen LogP contribution is -2.23. The minimum atomic E-state index is -4.41. The van der Waals surface area contributed by atoms with Crippen molar-refractivity contribution < 1.29 is 18.0 Å². The van der Waals surface area contributed by atoms with Crippen molar-refractivity contribution in [1.82, 2.24) is 19.7 Å². The van der Waals surface area contributed by atoms with Gasteiger partial charge in [-0.3, -0.25) is 9.48 Å². The van der Waals surface area contributed by atoms with E-state index in [0.717, 1.165) is 59.1 Å². The number of benzene rings is 2. The molecule has 204 valence electrons. The lowest BCUT2D eigenvalue weighted by atomic mass is 9.96. The molecular formula is C29H31F3N6O. The maximum absolute atomic E-state index is 12.8. The van der Waals surface area contributed by atoms with E-state index in [9.17, 15) is 18.0 Å². The van der Waals surface area contributed by atoms with E-state index < -0.39 is 11.7 Å². The normalized spacial score (nSPS) is 14.5. The summed E-state index contributed by atoms with van der Waals surface area (Å²) in [4.78, 5) is 22.0. The van der Waals surface area contributed by atoms with E-state index in [1.54, 1.807) is 17.8 Å². The average molecular weight is 537 g/mol. The van der Waals surface area contributed by atoms with Crippen molar-refractivity contribution in [3.05, 3.63) is 65.4 Å². The highest BCUT2D eigenvalue weighted by molar-refractivity contribution is 5.92. The molecule has 0 saturated heterocycles. The van der Waals surface area contributed by atoms with Gasteiger partial charge in [0.2, 0.25) is 11.9 Å². The largest absolute Gasteiger partial charge is 0.416 e. The van der Waals surface area contributed by atoms with Gasteiger partial charge in [0.05, 0.1) is 23.2 Å². The number of amides is 1. The first-order valence-corrected chi connectivity index (χ1v) is 13.3. The van der Waals surface area contributed by atoms with Crippen LogP contribution in [0.15, 0.2) is 48.7 Å². The summed E-state index contributed by atoms with van der Waals surface area (Å²) in [5.74, 6) is 0.667. The summed E-state index contributed by atoms with van der Waals surface area (Å²) in [7, 11) is 1.80. The summed E-state index contributed by atoms with van der Waals surface area (Å²) in [5.41, 5.74) is 3.48. The number of hydrogen-bond acceptors (Lipinski definition) is 5. The lowest BCUT2D eigenvalue weighted by Gasteiger charge is -2.22. The number of alkyl halides is 3. The average Bonchev–Trinajstić information content (AvgIpc) is 3.27. The Balaban J connectivity index is 1.32. The molecular weight excluding hydrogens is 505 g/mol. The highest BCUT2D eigenvalue weighted by atomic mass is 19.4. The number of hydrogen-bond donors (Lipinski definition) is 2. The van der Waals surface area contributed by atoms with Crippen molar-refractivity contribution in [2.24, 2.45) is 7.05 Å². The van der Waals surface area contributed by atoms with Crippen molar-refractivity contribution in [2.75, 3.05) is 10.6 Å². The fourth-order valence-electron chi connectivity index (χ4n) is 5.12. The van der Waals surface area contributed by atoms with Crippen LogP contribution >= 0.6 is 0 Å². The van der Waals surface area contributed by atoms with Crippen molar-refractivity contribution in [3.8, 4) is 11.3 Å². The molecule has 0 unspecified atom stereocenters. The van der Waals surface area contributed by atoms with E-state index in [2.05, 4.69) is 33.7 Å². The van der Waals surface area contributed by atoms with Gasteiger partial charge in [0.15, 0.2) is 5.82 Å². The van der Waals surface area contributed by atoms with Crippen molar-refractivity contribution in [3.63, 3.8) is 0 Å². The van der Waals surface area contributed by atoms with Crippen LogP contribution in [0.5, 0.6) is 0 Å². The summed E-state index contributed by atoms with van der Waals surface area (Å²) in [6.07, 6.45) is 4.21. The molecule has 39 heavy (non-hydrogen) atoms. The van der Waals surface area contributed by atoms with Crippen LogP contribution in [0.25, 0.3) is 22.2 Å². The number of carbonyl (C=O) groups excluding carboxylic acids is 1. The van der Waals surface area contributed by atoms with Crippen LogP contribution in [-0.4, -0.2) is 31.7 Å². The van der Waals surface area contributed by atoms with Gasteiger partial charge in [-0.2, -0.15) is 18.3 Å². The molecule has 0 spiro atoms. The molecule has 1 aliphatic carbocycles. The molecule has 2 aromatic carbocycles. The molecule has 0 bridgehead atoms. The first-order valence-electron chi connectivity index (χ1n) is 13.3. The Labute approximate surface area is 224 Å². The van der Waals surface area contributed by atoms with Gasteiger partial charge in [-0.1, -0.05) is 38.3 Å². The van der Waals surface area contributed by atoms with E-state index in [4.69, 9.17) is 4.98 Å². The fourth-order valence-corrected chi connectivity index (χ4v) is 5.12. The maximum Gasteiger partial charge on any atom is 0.416 e.